The molecule has 0 aliphatic rings. The number of rotatable bonds is 3. The number of aryl methyl sites for hydroxylation is 1. The molecule has 0 aliphatic heterocycles. The molecule has 0 saturated carbocycles. The van der Waals surface area contributed by atoms with E-state index in [4.69, 9.17) is 4.98 Å². The number of para-hydroxylation sites is 1. The maximum absolute atomic E-state index is 13.3. The number of hydrogen-bond donors (Lipinski definition) is 0. The van der Waals surface area contributed by atoms with Crippen LogP contribution in [-0.4, -0.2) is 14.5 Å². The standard InChI is InChI=1S/C23H21N3O/c1-15(2)17-10-12-19(13-11-17)26-22(18-9-8-16(3)24-14-18)25-21-7-5-4-6-20(21)23(26)27/h4-15H,1-3H3. The zero-order valence-corrected chi connectivity index (χ0v) is 15.7. The van der Waals surface area contributed by atoms with Crippen molar-refractivity contribution >= 4 is 10.9 Å². The fraction of sp³-hybridized carbons (Fsp3) is 0.174. The first-order valence-corrected chi connectivity index (χ1v) is 9.10. The molecule has 2 aromatic carbocycles. The lowest BCUT2D eigenvalue weighted by Crippen LogP contribution is -2.22. The van der Waals surface area contributed by atoms with Crippen LogP contribution in [0.4, 0.5) is 0 Å². The van der Waals surface area contributed by atoms with Crippen molar-refractivity contribution in [3.05, 3.63) is 88.5 Å². The molecule has 0 saturated heterocycles. The summed E-state index contributed by atoms with van der Waals surface area (Å²) >= 11 is 0. The molecule has 0 atom stereocenters. The summed E-state index contributed by atoms with van der Waals surface area (Å²) in [6.45, 7) is 6.25. The van der Waals surface area contributed by atoms with Crippen LogP contribution in [0.3, 0.4) is 0 Å². The number of benzene rings is 2. The first-order valence-electron chi connectivity index (χ1n) is 9.10. The van der Waals surface area contributed by atoms with Gasteiger partial charge in [-0.05, 0) is 54.8 Å². The zero-order chi connectivity index (χ0) is 19.0. The van der Waals surface area contributed by atoms with E-state index in [1.54, 1.807) is 10.8 Å². The molecule has 4 nitrogen and oxygen atoms in total. The maximum Gasteiger partial charge on any atom is 0.266 e. The summed E-state index contributed by atoms with van der Waals surface area (Å²) < 4.78 is 1.68. The first-order chi connectivity index (χ1) is 13.0. The van der Waals surface area contributed by atoms with Crippen LogP contribution in [0, 0.1) is 6.92 Å². The van der Waals surface area contributed by atoms with Gasteiger partial charge in [0.05, 0.1) is 16.6 Å². The number of hydrogen-bond acceptors (Lipinski definition) is 3. The van der Waals surface area contributed by atoms with Gasteiger partial charge in [0.2, 0.25) is 0 Å². The molecule has 134 valence electrons. The van der Waals surface area contributed by atoms with Gasteiger partial charge in [0.1, 0.15) is 5.82 Å². The van der Waals surface area contributed by atoms with E-state index >= 15 is 0 Å². The summed E-state index contributed by atoms with van der Waals surface area (Å²) in [7, 11) is 0. The van der Waals surface area contributed by atoms with Crippen LogP contribution < -0.4 is 5.56 Å². The van der Waals surface area contributed by atoms with Gasteiger partial charge >= 0.3 is 0 Å². The largest absolute Gasteiger partial charge is 0.268 e. The number of aromatic nitrogens is 3. The molecule has 4 heteroatoms. The van der Waals surface area contributed by atoms with Gasteiger partial charge in [0, 0.05) is 17.5 Å². The minimum Gasteiger partial charge on any atom is -0.268 e. The van der Waals surface area contributed by atoms with E-state index in [2.05, 4.69) is 31.0 Å². The van der Waals surface area contributed by atoms with Crippen LogP contribution in [0.25, 0.3) is 28.0 Å². The molecule has 0 radical (unpaired) electrons. The monoisotopic (exact) mass is 355 g/mol. The Morgan fingerprint density at radius 1 is 0.926 bits per heavy atom. The smallest absolute Gasteiger partial charge is 0.266 e. The Hall–Kier alpha value is -3.27. The van der Waals surface area contributed by atoms with Crippen LogP contribution >= 0.6 is 0 Å². The average Bonchev–Trinajstić information content (AvgIpc) is 2.69. The molecule has 2 aromatic heterocycles. The highest BCUT2D eigenvalue weighted by atomic mass is 16.1. The van der Waals surface area contributed by atoms with Crippen molar-refractivity contribution in [1.82, 2.24) is 14.5 Å². The number of pyridine rings is 1. The second-order valence-corrected chi connectivity index (χ2v) is 7.03. The summed E-state index contributed by atoms with van der Waals surface area (Å²) in [5.41, 5.74) is 4.39. The molecular weight excluding hydrogens is 334 g/mol. The quantitative estimate of drug-likeness (QED) is 0.526. The fourth-order valence-corrected chi connectivity index (χ4v) is 3.17. The highest BCUT2D eigenvalue weighted by molar-refractivity contribution is 5.80. The van der Waals surface area contributed by atoms with E-state index in [9.17, 15) is 4.79 Å². The van der Waals surface area contributed by atoms with Gasteiger partial charge in [-0.15, -0.1) is 0 Å². The van der Waals surface area contributed by atoms with Gasteiger partial charge in [0.15, 0.2) is 0 Å². The Morgan fingerprint density at radius 2 is 1.67 bits per heavy atom. The molecule has 0 bridgehead atoms. The van der Waals surface area contributed by atoms with E-state index in [0.29, 0.717) is 22.6 Å². The number of fused-ring (bicyclic) bond motifs is 1. The van der Waals surface area contributed by atoms with Gasteiger partial charge in [0.25, 0.3) is 5.56 Å². The van der Waals surface area contributed by atoms with Gasteiger partial charge < -0.3 is 0 Å². The van der Waals surface area contributed by atoms with Gasteiger partial charge in [-0.1, -0.05) is 38.1 Å². The van der Waals surface area contributed by atoms with Crippen LogP contribution in [0.5, 0.6) is 0 Å². The lowest BCUT2D eigenvalue weighted by Gasteiger charge is -2.15. The van der Waals surface area contributed by atoms with Crippen molar-refractivity contribution in [3.63, 3.8) is 0 Å². The molecular formula is C23H21N3O. The summed E-state index contributed by atoms with van der Waals surface area (Å²) in [6.07, 6.45) is 1.77. The number of nitrogens with zero attached hydrogens (tertiary/aromatic N) is 3. The summed E-state index contributed by atoms with van der Waals surface area (Å²) in [5, 5.41) is 0.606. The lowest BCUT2D eigenvalue weighted by molar-refractivity contribution is 0.864. The normalized spacial score (nSPS) is 11.3. The Morgan fingerprint density at radius 3 is 2.33 bits per heavy atom. The lowest BCUT2D eigenvalue weighted by atomic mass is 10.0. The molecule has 0 N–H and O–H groups in total. The molecule has 2 heterocycles. The topological polar surface area (TPSA) is 47.8 Å². The average molecular weight is 355 g/mol. The van der Waals surface area contributed by atoms with Crippen LogP contribution in [-0.2, 0) is 0 Å². The molecule has 0 fully saturated rings. The molecule has 0 unspecified atom stereocenters. The fourth-order valence-electron chi connectivity index (χ4n) is 3.17. The summed E-state index contributed by atoms with van der Waals surface area (Å²) in [4.78, 5) is 22.5. The molecule has 0 spiro atoms. The van der Waals surface area contributed by atoms with E-state index in [-0.39, 0.29) is 5.56 Å². The predicted octanol–water partition coefficient (Wildman–Crippen LogP) is 4.88. The van der Waals surface area contributed by atoms with Crippen molar-refractivity contribution in [2.45, 2.75) is 26.7 Å². The molecule has 4 rings (SSSR count). The molecule has 0 amide bonds. The minimum atomic E-state index is -0.0755. The predicted molar refractivity (Wildman–Crippen MR) is 109 cm³/mol. The van der Waals surface area contributed by atoms with Crippen LogP contribution in [0.2, 0.25) is 0 Å². The SMILES string of the molecule is Cc1ccc(-c2nc3ccccc3c(=O)n2-c2ccc(C(C)C)cc2)cn1. The maximum atomic E-state index is 13.3. The molecule has 4 aromatic rings. The van der Waals surface area contributed by atoms with Crippen LogP contribution in [0.1, 0.15) is 31.0 Å². The van der Waals surface area contributed by atoms with Crippen molar-refractivity contribution < 1.29 is 0 Å². The van der Waals surface area contributed by atoms with E-state index in [1.807, 2.05) is 55.5 Å². The third-order valence-corrected chi connectivity index (χ3v) is 4.76. The third kappa shape index (κ3) is 3.14. The molecule has 0 aliphatic carbocycles. The minimum absolute atomic E-state index is 0.0755. The van der Waals surface area contributed by atoms with Gasteiger partial charge in [-0.3, -0.25) is 14.3 Å². The molecule has 27 heavy (non-hydrogen) atoms. The van der Waals surface area contributed by atoms with Crippen molar-refractivity contribution in [1.29, 1.82) is 0 Å². The summed E-state index contributed by atoms with van der Waals surface area (Å²) in [6, 6.07) is 19.4. The van der Waals surface area contributed by atoms with Crippen LogP contribution in [0.15, 0.2) is 71.7 Å². The van der Waals surface area contributed by atoms with Gasteiger partial charge in [-0.2, -0.15) is 0 Å². The Bertz CT molecular complexity index is 1160. The summed E-state index contributed by atoms with van der Waals surface area (Å²) in [5.74, 6) is 1.04. The van der Waals surface area contributed by atoms with E-state index < -0.39 is 0 Å². The first kappa shape index (κ1) is 17.2. The highest BCUT2D eigenvalue weighted by Gasteiger charge is 2.15. The van der Waals surface area contributed by atoms with E-state index in [1.165, 1.54) is 5.56 Å². The Labute approximate surface area is 158 Å². The second kappa shape index (κ2) is 6.80. The van der Waals surface area contributed by atoms with Crippen molar-refractivity contribution in [2.75, 3.05) is 0 Å². The van der Waals surface area contributed by atoms with E-state index in [0.717, 1.165) is 16.9 Å². The third-order valence-electron chi connectivity index (χ3n) is 4.76. The highest BCUT2D eigenvalue weighted by Crippen LogP contribution is 2.23. The van der Waals surface area contributed by atoms with Gasteiger partial charge in [-0.25, -0.2) is 4.98 Å². The Balaban J connectivity index is 2.02. The van der Waals surface area contributed by atoms with Crippen molar-refractivity contribution in [2.24, 2.45) is 0 Å². The zero-order valence-electron chi connectivity index (χ0n) is 15.7. The second-order valence-electron chi connectivity index (χ2n) is 7.03. The Kier molecular flexibility index (Phi) is 4.32. The van der Waals surface area contributed by atoms with Crippen molar-refractivity contribution in [3.8, 4) is 17.1 Å².